The van der Waals surface area contributed by atoms with Crippen molar-refractivity contribution in [3.05, 3.63) is 22.7 Å². The van der Waals surface area contributed by atoms with Gasteiger partial charge in [-0.15, -0.1) is 4.40 Å². The maximum atomic E-state index is 11.9. The minimum absolute atomic E-state index is 0.0478. The Hall–Kier alpha value is -0.880. The number of nitrogens with one attached hydrogen (secondary N) is 1. The van der Waals surface area contributed by atoms with Crippen LogP contribution in [0.4, 0.5) is 5.69 Å². The van der Waals surface area contributed by atoms with Gasteiger partial charge < -0.3 is 5.32 Å². The highest BCUT2D eigenvalue weighted by Crippen LogP contribution is 2.30. The summed E-state index contributed by atoms with van der Waals surface area (Å²) in [5, 5.41) is 3.03. The van der Waals surface area contributed by atoms with Gasteiger partial charge in [0.15, 0.2) is 0 Å². The van der Waals surface area contributed by atoms with Crippen molar-refractivity contribution in [3.63, 3.8) is 0 Å². The minimum atomic E-state index is -3.56. The molecule has 0 amide bonds. The van der Waals surface area contributed by atoms with E-state index < -0.39 is 10.0 Å². The van der Waals surface area contributed by atoms with E-state index in [4.69, 9.17) is 0 Å². The third kappa shape index (κ3) is 1.99. The van der Waals surface area contributed by atoms with E-state index in [0.717, 1.165) is 4.47 Å². The third-order valence-corrected chi connectivity index (χ3v) is 4.07. The average molecular weight is 303 g/mol. The lowest BCUT2D eigenvalue weighted by Crippen LogP contribution is -2.25. The molecular formula is C10H11BrN2O2S. The zero-order valence-corrected chi connectivity index (χ0v) is 11.3. The van der Waals surface area contributed by atoms with Crippen molar-refractivity contribution in [1.82, 2.24) is 0 Å². The van der Waals surface area contributed by atoms with Crippen LogP contribution in [0.1, 0.15) is 13.8 Å². The molecule has 1 heterocycles. The summed E-state index contributed by atoms with van der Waals surface area (Å²) in [6.45, 7) is 3.79. The van der Waals surface area contributed by atoms with Crippen LogP contribution in [0, 0.1) is 5.92 Å². The third-order valence-electron chi connectivity index (χ3n) is 2.25. The van der Waals surface area contributed by atoms with Crippen LogP contribution in [0.15, 0.2) is 32.0 Å². The molecule has 1 aromatic rings. The van der Waals surface area contributed by atoms with Crippen LogP contribution in [-0.4, -0.2) is 14.3 Å². The van der Waals surface area contributed by atoms with Crippen molar-refractivity contribution < 1.29 is 8.42 Å². The van der Waals surface area contributed by atoms with E-state index in [1.54, 1.807) is 18.2 Å². The molecule has 1 aromatic carbocycles. The smallest absolute Gasteiger partial charge is 0.286 e. The second-order valence-corrected chi connectivity index (χ2v) is 6.36. The van der Waals surface area contributed by atoms with Gasteiger partial charge in [-0.05, 0) is 18.2 Å². The van der Waals surface area contributed by atoms with E-state index >= 15 is 0 Å². The standard InChI is InChI=1S/C10H11BrN2O2S/c1-6(2)10-12-8-4-3-7(11)5-9(8)16(14,15)13-10/h3-6H,1-2H3,(H,12,13). The zero-order chi connectivity index (χ0) is 11.9. The summed E-state index contributed by atoms with van der Waals surface area (Å²) < 4.78 is 28.3. The first kappa shape index (κ1) is 11.6. The van der Waals surface area contributed by atoms with Crippen molar-refractivity contribution in [1.29, 1.82) is 0 Å². The highest BCUT2D eigenvalue weighted by molar-refractivity contribution is 9.10. The number of amidine groups is 1. The Morgan fingerprint density at radius 2 is 2.06 bits per heavy atom. The molecule has 16 heavy (non-hydrogen) atoms. The molecule has 0 atom stereocenters. The number of benzene rings is 1. The summed E-state index contributed by atoms with van der Waals surface area (Å²) in [5.41, 5.74) is 0.585. The minimum Gasteiger partial charge on any atom is -0.342 e. The molecule has 0 aromatic heterocycles. The van der Waals surface area contributed by atoms with Crippen molar-refractivity contribution in [3.8, 4) is 0 Å². The molecule has 0 bridgehead atoms. The molecule has 86 valence electrons. The van der Waals surface area contributed by atoms with Gasteiger partial charge in [0.2, 0.25) is 0 Å². The number of hydrogen-bond acceptors (Lipinski definition) is 3. The number of halogens is 1. The Morgan fingerprint density at radius 3 is 2.69 bits per heavy atom. The number of rotatable bonds is 1. The maximum absolute atomic E-state index is 11.9. The summed E-state index contributed by atoms with van der Waals surface area (Å²) in [5.74, 6) is 0.529. The summed E-state index contributed by atoms with van der Waals surface area (Å²) in [6, 6.07) is 5.08. The highest BCUT2D eigenvalue weighted by Gasteiger charge is 2.25. The Kier molecular flexibility index (Phi) is 2.79. The van der Waals surface area contributed by atoms with Crippen LogP contribution in [0.3, 0.4) is 0 Å². The fourth-order valence-corrected chi connectivity index (χ4v) is 3.20. The van der Waals surface area contributed by atoms with Gasteiger partial charge in [-0.25, -0.2) is 0 Å². The number of hydrogen-bond donors (Lipinski definition) is 1. The first-order chi connectivity index (χ1) is 7.40. The van der Waals surface area contributed by atoms with Gasteiger partial charge in [0.1, 0.15) is 10.7 Å². The van der Waals surface area contributed by atoms with Gasteiger partial charge in [0, 0.05) is 10.4 Å². The van der Waals surface area contributed by atoms with Gasteiger partial charge in [0.05, 0.1) is 5.69 Å². The molecule has 0 radical (unpaired) electrons. The molecule has 6 heteroatoms. The molecule has 0 aliphatic carbocycles. The fourth-order valence-electron chi connectivity index (χ4n) is 1.40. The quantitative estimate of drug-likeness (QED) is 0.867. The molecule has 1 N–H and O–H groups in total. The van der Waals surface area contributed by atoms with E-state index in [-0.39, 0.29) is 10.8 Å². The van der Waals surface area contributed by atoms with Crippen LogP contribution in [0.5, 0.6) is 0 Å². The molecule has 2 rings (SSSR count). The van der Waals surface area contributed by atoms with Crippen LogP contribution in [-0.2, 0) is 10.0 Å². The monoisotopic (exact) mass is 302 g/mol. The van der Waals surface area contributed by atoms with E-state index in [1.807, 2.05) is 13.8 Å². The van der Waals surface area contributed by atoms with Crippen LogP contribution < -0.4 is 5.32 Å². The molecule has 0 fully saturated rings. The summed E-state index contributed by atoms with van der Waals surface area (Å²) >= 11 is 3.25. The zero-order valence-electron chi connectivity index (χ0n) is 8.86. The normalized spacial score (nSPS) is 17.6. The van der Waals surface area contributed by atoms with Gasteiger partial charge in [-0.2, -0.15) is 8.42 Å². The lowest BCUT2D eigenvalue weighted by atomic mass is 10.2. The van der Waals surface area contributed by atoms with Crippen LogP contribution >= 0.6 is 15.9 Å². The predicted molar refractivity (Wildman–Crippen MR) is 67.2 cm³/mol. The molecule has 0 saturated carbocycles. The summed E-state index contributed by atoms with van der Waals surface area (Å²) in [4.78, 5) is 0.214. The van der Waals surface area contributed by atoms with Crippen molar-refractivity contribution in [2.75, 3.05) is 5.32 Å². The van der Waals surface area contributed by atoms with Gasteiger partial charge in [-0.1, -0.05) is 29.8 Å². The number of nitrogens with zero attached hydrogens (tertiary/aromatic N) is 1. The molecule has 1 aliphatic heterocycles. The average Bonchev–Trinajstić information content (AvgIpc) is 2.18. The maximum Gasteiger partial charge on any atom is 0.286 e. The van der Waals surface area contributed by atoms with Crippen LogP contribution in [0.2, 0.25) is 0 Å². The Bertz CT molecular complexity index is 564. The molecule has 0 spiro atoms. The molecule has 0 unspecified atom stereocenters. The Labute approximate surface area is 103 Å². The number of fused-ring (bicyclic) bond motifs is 1. The van der Waals surface area contributed by atoms with Gasteiger partial charge in [-0.3, -0.25) is 0 Å². The topological polar surface area (TPSA) is 58.5 Å². The molecule has 1 aliphatic rings. The summed E-state index contributed by atoms with van der Waals surface area (Å²) in [7, 11) is -3.56. The first-order valence-electron chi connectivity index (χ1n) is 4.81. The fraction of sp³-hybridized carbons (Fsp3) is 0.300. The van der Waals surface area contributed by atoms with E-state index in [9.17, 15) is 8.42 Å². The molecular weight excluding hydrogens is 292 g/mol. The van der Waals surface area contributed by atoms with Crippen molar-refractivity contribution in [2.24, 2.45) is 10.3 Å². The SMILES string of the molecule is CC(C)C1=NS(=O)(=O)c2cc(Br)ccc2N1. The molecule has 0 saturated heterocycles. The largest absolute Gasteiger partial charge is 0.342 e. The Morgan fingerprint density at radius 1 is 1.38 bits per heavy atom. The van der Waals surface area contributed by atoms with Gasteiger partial charge >= 0.3 is 0 Å². The lowest BCUT2D eigenvalue weighted by molar-refractivity contribution is 0.597. The number of sulfonamides is 1. The van der Waals surface area contributed by atoms with Crippen molar-refractivity contribution >= 4 is 37.5 Å². The molecule has 4 nitrogen and oxygen atoms in total. The van der Waals surface area contributed by atoms with Crippen molar-refractivity contribution in [2.45, 2.75) is 18.7 Å². The lowest BCUT2D eigenvalue weighted by Gasteiger charge is -2.20. The van der Waals surface area contributed by atoms with E-state index in [1.165, 1.54) is 0 Å². The second-order valence-electron chi connectivity index (χ2n) is 3.87. The number of anilines is 1. The highest BCUT2D eigenvalue weighted by atomic mass is 79.9. The van der Waals surface area contributed by atoms with E-state index in [0.29, 0.717) is 11.5 Å². The Balaban J connectivity index is 2.62. The van der Waals surface area contributed by atoms with Crippen LogP contribution in [0.25, 0.3) is 0 Å². The predicted octanol–water partition coefficient (Wildman–Crippen LogP) is 2.62. The van der Waals surface area contributed by atoms with Gasteiger partial charge in [0.25, 0.3) is 10.0 Å². The second kappa shape index (κ2) is 3.85. The first-order valence-corrected chi connectivity index (χ1v) is 7.05. The van der Waals surface area contributed by atoms with E-state index in [2.05, 4.69) is 25.6 Å². The summed E-state index contributed by atoms with van der Waals surface area (Å²) in [6.07, 6.45) is 0.